The Kier molecular flexibility index (Phi) is 4.23. The summed E-state index contributed by atoms with van der Waals surface area (Å²) in [4.78, 5) is 1.50. The van der Waals surface area contributed by atoms with E-state index >= 15 is 0 Å². The average molecular weight is 288 g/mol. The van der Waals surface area contributed by atoms with Crippen LogP contribution < -0.4 is 5.32 Å². The largest absolute Gasteiger partial charge is 0.313 e. The Balaban J connectivity index is 1.91. The minimum absolute atomic E-state index is 0.708. The lowest BCUT2D eigenvalue weighted by Gasteiger charge is -2.17. The molecule has 1 aromatic rings. The third kappa shape index (κ3) is 3.30. The number of nitrogens with one attached hydrogen (secondary N) is 1. The van der Waals surface area contributed by atoms with Crippen LogP contribution in [0.5, 0.6) is 0 Å². The molecule has 0 aromatic carbocycles. The zero-order valence-electron chi connectivity index (χ0n) is 9.13. The van der Waals surface area contributed by atoms with Gasteiger partial charge in [0.05, 0.1) is 0 Å². The molecule has 1 fully saturated rings. The molecular formula is C12H18BrNS. The molecular weight excluding hydrogens is 270 g/mol. The van der Waals surface area contributed by atoms with Crippen LogP contribution in [0.15, 0.2) is 15.9 Å². The van der Waals surface area contributed by atoms with E-state index in [1.807, 2.05) is 11.3 Å². The lowest BCUT2D eigenvalue weighted by atomic mass is 10.1. The van der Waals surface area contributed by atoms with Crippen molar-refractivity contribution in [3.63, 3.8) is 0 Å². The fourth-order valence-electron chi connectivity index (χ4n) is 1.90. The second-order valence-corrected chi connectivity index (χ2v) is 6.15. The van der Waals surface area contributed by atoms with Crippen LogP contribution in [0.4, 0.5) is 0 Å². The summed E-state index contributed by atoms with van der Waals surface area (Å²) in [6, 6.07) is 2.86. The SMILES string of the molecule is CCCNC(Cc1sccc1Br)C1CC1. The predicted molar refractivity (Wildman–Crippen MR) is 70.5 cm³/mol. The van der Waals surface area contributed by atoms with Gasteiger partial charge >= 0.3 is 0 Å². The van der Waals surface area contributed by atoms with Crippen LogP contribution in [0.2, 0.25) is 0 Å². The van der Waals surface area contributed by atoms with Gasteiger partial charge in [-0.2, -0.15) is 0 Å². The van der Waals surface area contributed by atoms with E-state index in [0.717, 1.165) is 12.5 Å². The van der Waals surface area contributed by atoms with Crippen molar-refractivity contribution in [3.05, 3.63) is 20.8 Å². The number of hydrogen-bond acceptors (Lipinski definition) is 2. The second kappa shape index (κ2) is 5.46. The van der Waals surface area contributed by atoms with Gasteiger partial charge in [0.2, 0.25) is 0 Å². The van der Waals surface area contributed by atoms with Gasteiger partial charge in [-0.05, 0) is 65.5 Å². The molecule has 0 amide bonds. The fraction of sp³-hybridized carbons (Fsp3) is 0.667. The van der Waals surface area contributed by atoms with E-state index in [0.29, 0.717) is 6.04 Å². The van der Waals surface area contributed by atoms with E-state index in [-0.39, 0.29) is 0 Å². The minimum Gasteiger partial charge on any atom is -0.313 e. The quantitative estimate of drug-likeness (QED) is 0.839. The van der Waals surface area contributed by atoms with E-state index in [1.165, 1.54) is 35.0 Å². The smallest absolute Gasteiger partial charge is 0.0314 e. The summed E-state index contributed by atoms with van der Waals surface area (Å²) in [5.74, 6) is 0.936. The summed E-state index contributed by atoms with van der Waals surface area (Å²) in [5.41, 5.74) is 0. The molecule has 1 N–H and O–H groups in total. The Morgan fingerprint density at radius 2 is 2.40 bits per heavy atom. The number of hydrogen-bond donors (Lipinski definition) is 1. The van der Waals surface area contributed by atoms with Crippen molar-refractivity contribution in [2.75, 3.05) is 6.54 Å². The molecule has 0 bridgehead atoms. The third-order valence-electron chi connectivity index (χ3n) is 2.94. The van der Waals surface area contributed by atoms with Crippen LogP contribution in [-0.2, 0) is 6.42 Å². The van der Waals surface area contributed by atoms with Gasteiger partial charge in [0, 0.05) is 15.4 Å². The van der Waals surface area contributed by atoms with Crippen molar-refractivity contribution in [1.29, 1.82) is 0 Å². The lowest BCUT2D eigenvalue weighted by Crippen LogP contribution is -2.33. The Morgan fingerprint density at radius 3 is 2.93 bits per heavy atom. The molecule has 0 saturated heterocycles. The van der Waals surface area contributed by atoms with Crippen molar-refractivity contribution in [2.24, 2.45) is 5.92 Å². The molecule has 0 radical (unpaired) electrons. The molecule has 1 aromatic heterocycles. The van der Waals surface area contributed by atoms with E-state index in [9.17, 15) is 0 Å². The first kappa shape index (κ1) is 11.6. The van der Waals surface area contributed by atoms with E-state index < -0.39 is 0 Å². The number of rotatable bonds is 6. The van der Waals surface area contributed by atoms with Crippen LogP contribution in [0, 0.1) is 5.92 Å². The summed E-state index contributed by atoms with van der Waals surface area (Å²) in [6.45, 7) is 3.39. The number of thiophene rings is 1. The summed E-state index contributed by atoms with van der Waals surface area (Å²) in [7, 11) is 0. The second-order valence-electron chi connectivity index (χ2n) is 4.29. The zero-order valence-corrected chi connectivity index (χ0v) is 11.5. The highest BCUT2D eigenvalue weighted by Crippen LogP contribution is 2.36. The summed E-state index contributed by atoms with van der Waals surface area (Å²) in [6.07, 6.45) is 5.27. The minimum atomic E-state index is 0.708. The molecule has 15 heavy (non-hydrogen) atoms. The highest BCUT2D eigenvalue weighted by atomic mass is 79.9. The maximum absolute atomic E-state index is 3.68. The Labute approximate surface area is 104 Å². The van der Waals surface area contributed by atoms with Crippen molar-refractivity contribution >= 4 is 27.3 Å². The third-order valence-corrected chi connectivity index (χ3v) is 4.89. The van der Waals surface area contributed by atoms with Gasteiger partial charge < -0.3 is 5.32 Å². The van der Waals surface area contributed by atoms with Crippen molar-refractivity contribution in [2.45, 2.75) is 38.6 Å². The van der Waals surface area contributed by atoms with Crippen LogP contribution in [-0.4, -0.2) is 12.6 Å². The lowest BCUT2D eigenvalue weighted by molar-refractivity contribution is 0.462. The molecule has 1 heterocycles. The van der Waals surface area contributed by atoms with Crippen molar-refractivity contribution in [3.8, 4) is 0 Å². The summed E-state index contributed by atoms with van der Waals surface area (Å²) < 4.78 is 1.29. The standard InChI is InChI=1S/C12H18BrNS/c1-2-6-14-11(9-3-4-9)8-12-10(13)5-7-15-12/h5,7,9,11,14H,2-4,6,8H2,1H3. The molecule has 1 saturated carbocycles. The molecule has 84 valence electrons. The van der Waals surface area contributed by atoms with Crippen LogP contribution >= 0.6 is 27.3 Å². The Morgan fingerprint density at radius 1 is 1.60 bits per heavy atom. The first-order valence-corrected chi connectivity index (χ1v) is 7.43. The maximum atomic E-state index is 3.68. The van der Waals surface area contributed by atoms with Crippen LogP contribution in [0.25, 0.3) is 0 Å². The zero-order chi connectivity index (χ0) is 10.7. The predicted octanol–water partition coefficient (Wildman–Crippen LogP) is 3.83. The van der Waals surface area contributed by atoms with Crippen molar-refractivity contribution < 1.29 is 0 Å². The Hall–Kier alpha value is 0.140. The highest BCUT2D eigenvalue weighted by molar-refractivity contribution is 9.10. The number of halogens is 1. The molecule has 1 aliphatic carbocycles. The first-order chi connectivity index (χ1) is 7.31. The first-order valence-electron chi connectivity index (χ1n) is 5.76. The molecule has 1 unspecified atom stereocenters. The van der Waals surface area contributed by atoms with Crippen molar-refractivity contribution in [1.82, 2.24) is 5.32 Å². The van der Waals surface area contributed by atoms with Crippen LogP contribution in [0.1, 0.15) is 31.1 Å². The molecule has 0 aliphatic heterocycles. The van der Waals surface area contributed by atoms with Gasteiger partial charge in [-0.25, -0.2) is 0 Å². The molecule has 3 heteroatoms. The molecule has 2 rings (SSSR count). The Bertz CT molecular complexity index is 306. The average Bonchev–Trinajstić information content (AvgIpc) is 2.99. The van der Waals surface area contributed by atoms with E-state index in [2.05, 4.69) is 39.6 Å². The summed E-state index contributed by atoms with van der Waals surface area (Å²) in [5, 5.41) is 5.85. The molecule has 0 spiro atoms. The molecule has 1 aliphatic rings. The maximum Gasteiger partial charge on any atom is 0.0314 e. The fourth-order valence-corrected chi connectivity index (χ4v) is 3.48. The highest BCUT2D eigenvalue weighted by Gasteiger charge is 2.31. The van der Waals surface area contributed by atoms with Gasteiger partial charge in [0.15, 0.2) is 0 Å². The monoisotopic (exact) mass is 287 g/mol. The topological polar surface area (TPSA) is 12.0 Å². The molecule has 1 atom stereocenters. The van der Waals surface area contributed by atoms with Gasteiger partial charge in [-0.15, -0.1) is 11.3 Å². The van der Waals surface area contributed by atoms with Gasteiger partial charge in [0.25, 0.3) is 0 Å². The normalized spacial score (nSPS) is 18.0. The van der Waals surface area contributed by atoms with E-state index in [1.54, 1.807) is 0 Å². The van der Waals surface area contributed by atoms with Crippen LogP contribution in [0.3, 0.4) is 0 Å². The van der Waals surface area contributed by atoms with Gasteiger partial charge in [-0.1, -0.05) is 6.92 Å². The van der Waals surface area contributed by atoms with Gasteiger partial charge in [0.1, 0.15) is 0 Å². The summed E-state index contributed by atoms with van der Waals surface area (Å²) >= 11 is 5.48. The van der Waals surface area contributed by atoms with E-state index in [4.69, 9.17) is 0 Å². The molecule has 1 nitrogen and oxygen atoms in total. The van der Waals surface area contributed by atoms with Gasteiger partial charge in [-0.3, -0.25) is 0 Å².